The van der Waals surface area contributed by atoms with Gasteiger partial charge in [0.25, 0.3) is 0 Å². The summed E-state index contributed by atoms with van der Waals surface area (Å²) in [6, 6.07) is 36.5. The standard InChI is InChI=1S/C40H46N2O6/c43-29-32-17-19-33(20-18-32)37-25-36(28-42(26-30-11-5-3-6-12-30)27-31-13-7-4-8-14-31)47-40(48-37)34-21-23-35(24-22-34)41-38(44)15-9-1-2-10-16-39(45)46/h3-8,11-14,17-24,36-37,40,43H,1-2,9-10,15-16,25-29H2,(H,41,44)(H,45,46). The molecule has 8 nitrogen and oxygen atoms in total. The Hall–Kier alpha value is -4.34. The molecule has 5 rings (SSSR count). The number of amides is 1. The lowest BCUT2D eigenvalue weighted by molar-refractivity contribution is -0.253. The minimum Gasteiger partial charge on any atom is -0.481 e. The highest BCUT2D eigenvalue weighted by atomic mass is 16.7. The van der Waals surface area contributed by atoms with Gasteiger partial charge in [0, 0.05) is 50.1 Å². The van der Waals surface area contributed by atoms with Gasteiger partial charge in [-0.2, -0.15) is 0 Å². The molecule has 0 radical (unpaired) electrons. The van der Waals surface area contributed by atoms with E-state index in [1.165, 1.54) is 11.1 Å². The molecule has 4 aromatic rings. The third-order valence-corrected chi connectivity index (χ3v) is 8.59. The number of carbonyl (C=O) groups is 2. The van der Waals surface area contributed by atoms with Gasteiger partial charge >= 0.3 is 5.97 Å². The van der Waals surface area contributed by atoms with Crippen LogP contribution in [0.1, 0.15) is 85.2 Å². The lowest BCUT2D eigenvalue weighted by Gasteiger charge is -2.38. The van der Waals surface area contributed by atoms with Crippen molar-refractivity contribution in [1.29, 1.82) is 0 Å². The zero-order valence-electron chi connectivity index (χ0n) is 27.4. The summed E-state index contributed by atoms with van der Waals surface area (Å²) in [6.45, 7) is 2.27. The number of benzene rings is 4. The van der Waals surface area contributed by atoms with Crippen molar-refractivity contribution in [3.63, 3.8) is 0 Å². The van der Waals surface area contributed by atoms with Crippen LogP contribution in [-0.2, 0) is 38.8 Å². The summed E-state index contributed by atoms with van der Waals surface area (Å²) in [6.07, 6.45) is 3.32. The van der Waals surface area contributed by atoms with E-state index in [0.717, 1.165) is 49.0 Å². The number of carbonyl (C=O) groups excluding carboxylic acids is 1. The number of anilines is 1. The fourth-order valence-electron chi connectivity index (χ4n) is 6.05. The number of carboxylic acids is 1. The van der Waals surface area contributed by atoms with E-state index in [1.807, 2.05) is 60.7 Å². The molecular weight excluding hydrogens is 604 g/mol. The fraction of sp³-hybridized carbons (Fsp3) is 0.350. The Bertz CT molecular complexity index is 1510. The predicted octanol–water partition coefficient (Wildman–Crippen LogP) is 7.79. The van der Waals surface area contributed by atoms with E-state index >= 15 is 0 Å². The Morgan fingerprint density at radius 2 is 1.27 bits per heavy atom. The van der Waals surface area contributed by atoms with Crippen molar-refractivity contribution in [3.05, 3.63) is 137 Å². The summed E-state index contributed by atoms with van der Waals surface area (Å²) in [5.41, 5.74) is 5.94. The van der Waals surface area contributed by atoms with Gasteiger partial charge in [0.05, 0.1) is 18.8 Å². The van der Waals surface area contributed by atoms with Crippen LogP contribution < -0.4 is 5.32 Å². The van der Waals surface area contributed by atoms with Crippen molar-refractivity contribution >= 4 is 17.6 Å². The smallest absolute Gasteiger partial charge is 0.303 e. The molecule has 1 aliphatic rings. The molecule has 3 unspecified atom stereocenters. The van der Waals surface area contributed by atoms with E-state index < -0.39 is 12.3 Å². The van der Waals surface area contributed by atoms with Crippen LogP contribution in [0.4, 0.5) is 5.69 Å². The average Bonchev–Trinajstić information content (AvgIpc) is 3.11. The van der Waals surface area contributed by atoms with Gasteiger partial charge < -0.3 is 25.0 Å². The fourth-order valence-corrected chi connectivity index (χ4v) is 6.05. The van der Waals surface area contributed by atoms with Gasteiger partial charge in [-0.3, -0.25) is 14.5 Å². The highest BCUT2D eigenvalue weighted by Gasteiger charge is 2.33. The Kier molecular flexibility index (Phi) is 13.3. The maximum Gasteiger partial charge on any atom is 0.303 e. The number of rotatable bonds is 17. The van der Waals surface area contributed by atoms with Crippen LogP contribution >= 0.6 is 0 Å². The molecule has 48 heavy (non-hydrogen) atoms. The number of carboxylic acid groups (broad SMARTS) is 1. The summed E-state index contributed by atoms with van der Waals surface area (Å²) in [5.74, 6) is -0.842. The van der Waals surface area contributed by atoms with Gasteiger partial charge in [0.1, 0.15) is 0 Å². The van der Waals surface area contributed by atoms with Crippen LogP contribution in [0, 0.1) is 0 Å². The van der Waals surface area contributed by atoms with E-state index in [4.69, 9.17) is 14.6 Å². The monoisotopic (exact) mass is 650 g/mol. The quantitative estimate of drug-likeness (QED) is 0.100. The van der Waals surface area contributed by atoms with Crippen LogP contribution in [0.5, 0.6) is 0 Å². The third-order valence-electron chi connectivity index (χ3n) is 8.59. The van der Waals surface area contributed by atoms with E-state index in [9.17, 15) is 14.7 Å². The largest absolute Gasteiger partial charge is 0.481 e. The molecule has 0 aromatic heterocycles. The number of hydrogen-bond donors (Lipinski definition) is 3. The van der Waals surface area contributed by atoms with Gasteiger partial charge in [-0.1, -0.05) is 110 Å². The van der Waals surface area contributed by atoms with Crippen LogP contribution in [0.2, 0.25) is 0 Å². The van der Waals surface area contributed by atoms with Gasteiger partial charge in [-0.25, -0.2) is 0 Å². The molecule has 1 aliphatic heterocycles. The number of ether oxygens (including phenoxy) is 2. The third kappa shape index (κ3) is 11.1. The summed E-state index contributed by atoms with van der Waals surface area (Å²) < 4.78 is 13.2. The Balaban J connectivity index is 1.27. The van der Waals surface area contributed by atoms with Crippen molar-refractivity contribution in [2.75, 3.05) is 11.9 Å². The number of aliphatic hydroxyl groups is 1. The lowest BCUT2D eigenvalue weighted by Crippen LogP contribution is -2.39. The first-order valence-corrected chi connectivity index (χ1v) is 16.9. The van der Waals surface area contributed by atoms with E-state index in [2.05, 4.69) is 58.7 Å². The van der Waals surface area contributed by atoms with Crippen molar-refractivity contribution < 1.29 is 29.3 Å². The van der Waals surface area contributed by atoms with Crippen LogP contribution in [0.25, 0.3) is 0 Å². The molecule has 3 N–H and O–H groups in total. The molecular formula is C40H46N2O6. The van der Waals surface area contributed by atoms with Gasteiger partial charge in [0.2, 0.25) is 5.91 Å². The number of nitrogens with zero attached hydrogens (tertiary/aromatic N) is 1. The van der Waals surface area contributed by atoms with Crippen LogP contribution in [-0.4, -0.2) is 39.6 Å². The first kappa shape index (κ1) is 35.0. The summed E-state index contributed by atoms with van der Waals surface area (Å²) in [7, 11) is 0. The first-order chi connectivity index (χ1) is 23.4. The molecule has 1 heterocycles. The molecule has 1 amide bonds. The van der Waals surface area contributed by atoms with Crippen LogP contribution in [0.15, 0.2) is 109 Å². The molecule has 0 bridgehead atoms. The van der Waals surface area contributed by atoms with E-state index in [-0.39, 0.29) is 31.1 Å². The van der Waals surface area contributed by atoms with E-state index in [0.29, 0.717) is 31.5 Å². The molecule has 1 saturated heterocycles. The van der Waals surface area contributed by atoms with Crippen molar-refractivity contribution in [2.24, 2.45) is 0 Å². The minimum absolute atomic E-state index is 0.0101. The number of aliphatic hydroxyl groups excluding tert-OH is 1. The van der Waals surface area contributed by atoms with E-state index in [1.54, 1.807) is 0 Å². The molecule has 1 fully saturated rings. The maximum atomic E-state index is 12.5. The molecule has 3 atom stereocenters. The lowest BCUT2D eigenvalue weighted by atomic mass is 9.99. The predicted molar refractivity (Wildman–Crippen MR) is 186 cm³/mol. The number of nitrogens with one attached hydrogen (secondary N) is 1. The summed E-state index contributed by atoms with van der Waals surface area (Å²) >= 11 is 0. The average molecular weight is 651 g/mol. The molecule has 4 aromatic carbocycles. The SMILES string of the molecule is O=C(O)CCCCCCC(=O)Nc1ccc(C2OC(CN(Cc3ccccc3)Cc3ccccc3)CC(c3ccc(CO)cc3)O2)cc1. The molecule has 0 saturated carbocycles. The zero-order chi connectivity index (χ0) is 33.6. The molecule has 8 heteroatoms. The Morgan fingerprint density at radius 1 is 0.688 bits per heavy atom. The second-order valence-electron chi connectivity index (χ2n) is 12.5. The number of hydrogen-bond acceptors (Lipinski definition) is 6. The van der Waals surface area contributed by atoms with Gasteiger partial charge in [-0.05, 0) is 47.2 Å². The van der Waals surface area contributed by atoms with Crippen LogP contribution in [0.3, 0.4) is 0 Å². The topological polar surface area (TPSA) is 108 Å². The Labute approximate surface area is 283 Å². The second-order valence-corrected chi connectivity index (χ2v) is 12.5. The highest BCUT2D eigenvalue weighted by Crippen LogP contribution is 2.38. The highest BCUT2D eigenvalue weighted by molar-refractivity contribution is 5.90. The van der Waals surface area contributed by atoms with Crippen molar-refractivity contribution in [3.8, 4) is 0 Å². The number of unbranched alkanes of at least 4 members (excludes halogenated alkanes) is 3. The van der Waals surface area contributed by atoms with Crippen molar-refractivity contribution in [1.82, 2.24) is 4.90 Å². The molecule has 0 aliphatic carbocycles. The normalized spacial score (nSPS) is 17.7. The maximum absolute atomic E-state index is 12.5. The van der Waals surface area contributed by atoms with Gasteiger partial charge in [0.15, 0.2) is 6.29 Å². The summed E-state index contributed by atoms with van der Waals surface area (Å²) in [5, 5.41) is 21.3. The van der Waals surface area contributed by atoms with Crippen molar-refractivity contribution in [2.45, 2.75) is 83.1 Å². The summed E-state index contributed by atoms with van der Waals surface area (Å²) in [4.78, 5) is 25.6. The Morgan fingerprint density at radius 3 is 1.85 bits per heavy atom. The minimum atomic E-state index is -0.781. The number of aliphatic carboxylic acids is 1. The molecule has 0 spiro atoms. The van der Waals surface area contributed by atoms with Gasteiger partial charge in [-0.15, -0.1) is 0 Å². The first-order valence-electron chi connectivity index (χ1n) is 16.9. The zero-order valence-corrected chi connectivity index (χ0v) is 27.4. The second kappa shape index (κ2) is 18.3. The molecule has 252 valence electrons.